The monoisotopic (exact) mass is 367 g/mol. The lowest BCUT2D eigenvalue weighted by Gasteiger charge is -2.06. The highest BCUT2D eigenvalue weighted by Gasteiger charge is 2.10. The highest BCUT2D eigenvalue weighted by atomic mass is 35.5. The van der Waals surface area contributed by atoms with Crippen LogP contribution in [-0.2, 0) is 14.3 Å². The lowest BCUT2D eigenvalue weighted by molar-refractivity contribution is -0.147. The van der Waals surface area contributed by atoms with Crippen LogP contribution >= 0.6 is 22.9 Å². The first-order valence-electron chi connectivity index (χ1n) is 6.93. The Labute approximate surface area is 147 Å². The maximum Gasteiger partial charge on any atom is 0.308 e. The number of hydrogen-bond acceptors (Lipinski definition) is 6. The van der Waals surface area contributed by atoms with Gasteiger partial charge in [0.2, 0.25) is 0 Å². The zero-order valence-corrected chi connectivity index (χ0v) is 14.0. The van der Waals surface area contributed by atoms with Gasteiger partial charge in [0.1, 0.15) is 5.82 Å². The molecule has 0 aromatic carbocycles. The molecule has 0 bridgehead atoms. The van der Waals surface area contributed by atoms with Crippen molar-refractivity contribution in [3.05, 3.63) is 45.7 Å². The van der Waals surface area contributed by atoms with Gasteiger partial charge < -0.3 is 15.4 Å². The van der Waals surface area contributed by atoms with Crippen LogP contribution < -0.4 is 10.6 Å². The Morgan fingerprint density at radius 1 is 1.25 bits per heavy atom. The fourth-order valence-corrected chi connectivity index (χ4v) is 2.37. The first-order valence-corrected chi connectivity index (χ1v) is 8.19. The van der Waals surface area contributed by atoms with Crippen molar-refractivity contribution >= 4 is 46.5 Å². The Kier molecular flexibility index (Phi) is 6.71. The number of carbonyl (C=O) groups is 3. The normalized spacial score (nSPS) is 10.0. The maximum atomic E-state index is 11.6. The van der Waals surface area contributed by atoms with Gasteiger partial charge in [-0.05, 0) is 23.6 Å². The molecule has 2 N–H and O–H groups in total. The Balaban J connectivity index is 1.63. The molecule has 2 aromatic heterocycles. The summed E-state index contributed by atoms with van der Waals surface area (Å²) in [6.45, 7) is -0.294. The van der Waals surface area contributed by atoms with Crippen LogP contribution in [0.2, 0.25) is 5.02 Å². The molecule has 9 heteroatoms. The van der Waals surface area contributed by atoms with Crippen LogP contribution in [0.5, 0.6) is 0 Å². The fourth-order valence-electron chi connectivity index (χ4n) is 1.62. The van der Waals surface area contributed by atoms with E-state index in [0.717, 1.165) is 0 Å². The van der Waals surface area contributed by atoms with Crippen LogP contribution in [0, 0.1) is 0 Å². The topological polar surface area (TPSA) is 97.4 Å². The van der Waals surface area contributed by atoms with Gasteiger partial charge in [0.15, 0.2) is 6.61 Å². The number of nitrogens with zero attached hydrogens (tertiary/aromatic N) is 1. The quantitative estimate of drug-likeness (QED) is 0.730. The molecular formula is C15H14ClN3O4S. The van der Waals surface area contributed by atoms with E-state index in [0.29, 0.717) is 15.7 Å². The summed E-state index contributed by atoms with van der Waals surface area (Å²) in [5, 5.41) is 7.30. The molecule has 24 heavy (non-hydrogen) atoms. The van der Waals surface area contributed by atoms with Crippen LogP contribution in [0.1, 0.15) is 16.1 Å². The maximum absolute atomic E-state index is 11.6. The number of aromatic nitrogens is 1. The summed E-state index contributed by atoms with van der Waals surface area (Å²) in [4.78, 5) is 39.2. The van der Waals surface area contributed by atoms with E-state index in [-0.39, 0.29) is 18.9 Å². The van der Waals surface area contributed by atoms with Crippen molar-refractivity contribution in [3.63, 3.8) is 0 Å². The average Bonchev–Trinajstić information content (AvgIpc) is 3.10. The number of halogens is 1. The predicted octanol–water partition coefficient (Wildman–Crippen LogP) is 2.10. The number of anilines is 1. The highest BCUT2D eigenvalue weighted by molar-refractivity contribution is 7.12. The second kappa shape index (κ2) is 8.99. The predicted molar refractivity (Wildman–Crippen MR) is 90.1 cm³/mol. The minimum absolute atomic E-state index is 0.0242. The molecule has 2 amide bonds. The summed E-state index contributed by atoms with van der Waals surface area (Å²) in [6.07, 6.45) is 1.36. The second-order valence-electron chi connectivity index (χ2n) is 4.55. The first kappa shape index (κ1) is 17.9. The van der Waals surface area contributed by atoms with Crippen molar-refractivity contribution < 1.29 is 19.1 Å². The van der Waals surface area contributed by atoms with E-state index in [1.54, 1.807) is 23.6 Å². The van der Waals surface area contributed by atoms with E-state index in [4.69, 9.17) is 16.3 Å². The Hall–Kier alpha value is -2.45. The number of carbonyl (C=O) groups excluding carboxylic acids is 3. The van der Waals surface area contributed by atoms with E-state index in [1.165, 1.54) is 23.6 Å². The molecular weight excluding hydrogens is 354 g/mol. The Morgan fingerprint density at radius 2 is 2.08 bits per heavy atom. The number of esters is 1. The van der Waals surface area contributed by atoms with Gasteiger partial charge in [0.05, 0.1) is 16.3 Å². The van der Waals surface area contributed by atoms with Crippen molar-refractivity contribution in [2.24, 2.45) is 0 Å². The van der Waals surface area contributed by atoms with E-state index in [9.17, 15) is 14.4 Å². The van der Waals surface area contributed by atoms with Crippen LogP contribution in [-0.4, -0.2) is 35.9 Å². The van der Waals surface area contributed by atoms with E-state index < -0.39 is 18.5 Å². The molecule has 0 radical (unpaired) electrons. The third-order valence-electron chi connectivity index (χ3n) is 2.72. The lowest BCUT2D eigenvalue weighted by Crippen LogP contribution is -2.27. The molecule has 2 heterocycles. The Morgan fingerprint density at radius 3 is 2.75 bits per heavy atom. The zero-order valence-electron chi connectivity index (χ0n) is 12.5. The molecule has 2 aromatic rings. The Bertz CT molecular complexity index is 704. The molecule has 2 rings (SSSR count). The van der Waals surface area contributed by atoms with Crippen molar-refractivity contribution in [2.75, 3.05) is 18.5 Å². The van der Waals surface area contributed by atoms with Gasteiger partial charge in [0.25, 0.3) is 11.8 Å². The number of pyridine rings is 1. The summed E-state index contributed by atoms with van der Waals surface area (Å²) in [5.41, 5.74) is 0. The molecule has 0 unspecified atom stereocenters. The van der Waals surface area contributed by atoms with E-state index in [1.807, 2.05) is 0 Å². The number of nitrogens with one attached hydrogen (secondary N) is 2. The number of hydrogen-bond donors (Lipinski definition) is 2. The largest absolute Gasteiger partial charge is 0.456 e. The van der Waals surface area contributed by atoms with Gasteiger partial charge in [-0.25, -0.2) is 4.98 Å². The molecule has 0 atom stereocenters. The summed E-state index contributed by atoms with van der Waals surface area (Å²) in [7, 11) is 0. The number of rotatable bonds is 7. The minimum atomic E-state index is -0.583. The van der Waals surface area contributed by atoms with Crippen molar-refractivity contribution in [3.8, 4) is 0 Å². The van der Waals surface area contributed by atoms with Crippen LogP contribution in [0.25, 0.3) is 0 Å². The van der Waals surface area contributed by atoms with Crippen LogP contribution in [0.4, 0.5) is 5.82 Å². The summed E-state index contributed by atoms with van der Waals surface area (Å²) >= 11 is 6.99. The summed E-state index contributed by atoms with van der Waals surface area (Å²) in [6, 6.07) is 6.56. The second-order valence-corrected chi connectivity index (χ2v) is 5.94. The van der Waals surface area contributed by atoms with Crippen molar-refractivity contribution in [1.29, 1.82) is 0 Å². The van der Waals surface area contributed by atoms with Crippen molar-refractivity contribution in [2.45, 2.75) is 6.42 Å². The smallest absolute Gasteiger partial charge is 0.308 e. The molecule has 0 saturated heterocycles. The molecule has 0 spiro atoms. The van der Waals surface area contributed by atoms with Gasteiger partial charge in [-0.15, -0.1) is 11.3 Å². The van der Waals surface area contributed by atoms with Gasteiger partial charge in [-0.1, -0.05) is 17.7 Å². The van der Waals surface area contributed by atoms with Crippen LogP contribution in [0.15, 0.2) is 35.8 Å². The third kappa shape index (κ3) is 5.98. The summed E-state index contributed by atoms with van der Waals surface area (Å²) in [5.74, 6) is -1.03. The van der Waals surface area contributed by atoms with Gasteiger partial charge in [-0.3, -0.25) is 14.4 Å². The highest BCUT2D eigenvalue weighted by Crippen LogP contribution is 2.09. The van der Waals surface area contributed by atoms with Crippen LogP contribution in [0.3, 0.4) is 0 Å². The van der Waals surface area contributed by atoms with E-state index in [2.05, 4.69) is 15.6 Å². The first-order chi connectivity index (χ1) is 11.5. The van der Waals surface area contributed by atoms with Gasteiger partial charge in [-0.2, -0.15) is 0 Å². The summed E-state index contributed by atoms with van der Waals surface area (Å²) < 4.78 is 4.82. The molecule has 0 aliphatic rings. The standard InChI is InChI=1S/C15H14ClN3O4S/c16-10-3-4-12(18-8-10)19-13(20)9-23-14(21)5-6-17-15(22)11-2-1-7-24-11/h1-4,7-8H,5-6,9H2,(H,17,22)(H,18,19,20). The number of thiophene rings is 1. The SMILES string of the molecule is O=C(COC(=O)CCNC(=O)c1cccs1)Nc1ccc(Cl)cn1. The fraction of sp³-hybridized carbons (Fsp3) is 0.200. The van der Waals surface area contributed by atoms with Crippen molar-refractivity contribution in [1.82, 2.24) is 10.3 Å². The minimum Gasteiger partial charge on any atom is -0.456 e. The third-order valence-corrected chi connectivity index (χ3v) is 3.81. The van der Waals surface area contributed by atoms with Gasteiger partial charge in [0, 0.05) is 12.7 Å². The average molecular weight is 368 g/mol. The lowest BCUT2D eigenvalue weighted by atomic mass is 10.4. The number of ether oxygens (including phenoxy) is 1. The molecule has 0 aliphatic heterocycles. The molecule has 126 valence electrons. The molecule has 7 nitrogen and oxygen atoms in total. The molecule has 0 aliphatic carbocycles. The molecule has 0 fully saturated rings. The zero-order chi connectivity index (χ0) is 17.4. The van der Waals surface area contributed by atoms with Gasteiger partial charge >= 0.3 is 5.97 Å². The molecule has 0 saturated carbocycles. The van der Waals surface area contributed by atoms with E-state index >= 15 is 0 Å². The number of amides is 2.